The van der Waals surface area contributed by atoms with Crippen LogP contribution in [-0.2, 0) is 25.5 Å². The fourth-order valence-corrected chi connectivity index (χ4v) is 1.74. The summed E-state index contributed by atoms with van der Waals surface area (Å²) in [5, 5.41) is 12.8. The third kappa shape index (κ3) is 5.62. The number of rotatable bonds is 7. The average molecular weight is 293 g/mol. The Morgan fingerprint density at radius 2 is 1.90 bits per heavy atom. The van der Waals surface area contributed by atoms with Gasteiger partial charge in [0.05, 0.1) is 13.2 Å². The van der Waals surface area contributed by atoms with Crippen LogP contribution in [0.25, 0.3) is 0 Å². The first-order valence-corrected chi connectivity index (χ1v) is 6.31. The smallest absolute Gasteiger partial charge is 0.328 e. The second-order valence-electron chi connectivity index (χ2n) is 4.46. The molecule has 2 atom stereocenters. The van der Waals surface area contributed by atoms with Gasteiger partial charge in [-0.3, -0.25) is 4.79 Å². The molecule has 0 heterocycles. The van der Waals surface area contributed by atoms with Crippen LogP contribution in [0, 0.1) is 0 Å². The number of carboxylic acid groups (broad SMARTS) is 1. The van der Waals surface area contributed by atoms with E-state index in [0.717, 1.165) is 5.56 Å². The predicted molar refractivity (Wildman–Crippen MR) is 71.7 cm³/mol. The van der Waals surface area contributed by atoms with Crippen molar-refractivity contribution in [2.75, 3.05) is 7.11 Å². The molecular formula is C14H17N2O5-. The van der Waals surface area contributed by atoms with E-state index >= 15 is 0 Å². The van der Waals surface area contributed by atoms with Crippen molar-refractivity contribution >= 4 is 17.8 Å². The third-order valence-electron chi connectivity index (χ3n) is 2.81. The highest BCUT2D eigenvalue weighted by molar-refractivity contribution is 5.89. The molecule has 0 saturated carbocycles. The Balaban J connectivity index is 2.72. The van der Waals surface area contributed by atoms with Crippen LogP contribution in [-0.4, -0.2) is 37.0 Å². The van der Waals surface area contributed by atoms with Gasteiger partial charge in [0.1, 0.15) is 6.04 Å². The van der Waals surface area contributed by atoms with Crippen molar-refractivity contribution in [2.24, 2.45) is 5.73 Å². The highest BCUT2D eigenvalue weighted by atomic mass is 16.5. The molecule has 0 spiro atoms. The Morgan fingerprint density at radius 3 is 2.43 bits per heavy atom. The van der Waals surface area contributed by atoms with E-state index in [-0.39, 0.29) is 6.42 Å². The van der Waals surface area contributed by atoms with Crippen molar-refractivity contribution in [1.29, 1.82) is 0 Å². The molecule has 0 fully saturated rings. The average Bonchev–Trinajstić information content (AvgIpc) is 2.46. The maximum absolute atomic E-state index is 11.8. The number of ether oxygens (including phenoxy) is 1. The van der Waals surface area contributed by atoms with Gasteiger partial charge in [0.25, 0.3) is 0 Å². The Labute approximate surface area is 122 Å². The summed E-state index contributed by atoms with van der Waals surface area (Å²) < 4.78 is 4.62. The molecule has 1 rings (SSSR count). The lowest BCUT2D eigenvalue weighted by Gasteiger charge is -2.19. The van der Waals surface area contributed by atoms with E-state index in [0.29, 0.717) is 0 Å². The molecule has 0 aliphatic heterocycles. The Bertz CT molecular complexity index is 503. The number of esters is 1. The van der Waals surface area contributed by atoms with Gasteiger partial charge in [-0.2, -0.15) is 0 Å². The van der Waals surface area contributed by atoms with Gasteiger partial charge in [0.15, 0.2) is 0 Å². The van der Waals surface area contributed by atoms with Crippen LogP contribution in [0.2, 0.25) is 0 Å². The Hall–Kier alpha value is -2.41. The molecule has 114 valence electrons. The van der Waals surface area contributed by atoms with Crippen LogP contribution in [0.3, 0.4) is 0 Å². The van der Waals surface area contributed by atoms with E-state index in [4.69, 9.17) is 5.73 Å². The fraction of sp³-hybridized carbons (Fsp3) is 0.357. The molecule has 0 radical (unpaired) electrons. The van der Waals surface area contributed by atoms with E-state index in [1.807, 2.05) is 6.07 Å². The number of hydrogen-bond acceptors (Lipinski definition) is 6. The summed E-state index contributed by atoms with van der Waals surface area (Å²) in [7, 11) is 1.20. The molecule has 0 aliphatic carbocycles. The molecule has 7 heteroatoms. The van der Waals surface area contributed by atoms with Gasteiger partial charge in [0.2, 0.25) is 5.91 Å². The van der Waals surface area contributed by atoms with Crippen LogP contribution in [0.5, 0.6) is 0 Å². The lowest BCUT2D eigenvalue weighted by Crippen LogP contribution is -2.51. The predicted octanol–water partition coefficient (Wildman–Crippen LogP) is -1.65. The van der Waals surface area contributed by atoms with Crippen molar-refractivity contribution in [3.63, 3.8) is 0 Å². The summed E-state index contributed by atoms with van der Waals surface area (Å²) in [6.07, 6.45) is -0.400. The van der Waals surface area contributed by atoms with Gasteiger partial charge in [-0.1, -0.05) is 30.3 Å². The van der Waals surface area contributed by atoms with Crippen molar-refractivity contribution < 1.29 is 24.2 Å². The van der Waals surface area contributed by atoms with Crippen LogP contribution in [0.1, 0.15) is 12.0 Å². The number of methoxy groups -OCH3 is 1. The molecular weight excluding hydrogens is 276 g/mol. The molecule has 0 unspecified atom stereocenters. The summed E-state index contributed by atoms with van der Waals surface area (Å²) in [6, 6.07) is 6.80. The zero-order valence-corrected chi connectivity index (χ0v) is 11.6. The second kappa shape index (κ2) is 8.01. The number of nitrogens with two attached hydrogens (primary N) is 1. The standard InChI is InChI=1S/C14H18N2O5/c1-21-14(20)11(7-9-5-3-2-4-6-9)16-13(19)10(15)8-12(17)18/h2-6,10-11H,7-8,15H2,1H3,(H,16,19)(H,17,18)/p-1/t10-,11-/m0/s1. The first-order valence-electron chi connectivity index (χ1n) is 6.31. The summed E-state index contributed by atoms with van der Waals surface area (Å²) in [4.78, 5) is 33.9. The molecule has 1 aromatic carbocycles. The largest absolute Gasteiger partial charge is 0.550 e. The van der Waals surface area contributed by atoms with Gasteiger partial charge in [-0.15, -0.1) is 0 Å². The van der Waals surface area contributed by atoms with E-state index in [2.05, 4.69) is 10.1 Å². The molecule has 0 aromatic heterocycles. The number of hydrogen-bond donors (Lipinski definition) is 2. The molecule has 0 aliphatic rings. The number of benzene rings is 1. The quantitative estimate of drug-likeness (QED) is 0.581. The highest BCUT2D eigenvalue weighted by Gasteiger charge is 2.24. The summed E-state index contributed by atoms with van der Waals surface area (Å²) in [5.74, 6) is -2.81. The molecule has 0 saturated heterocycles. The van der Waals surface area contributed by atoms with Crippen LogP contribution in [0.4, 0.5) is 0 Å². The normalized spacial score (nSPS) is 13.0. The number of aliphatic carboxylic acids is 1. The minimum atomic E-state index is -1.43. The molecule has 7 nitrogen and oxygen atoms in total. The second-order valence-corrected chi connectivity index (χ2v) is 4.46. The van der Waals surface area contributed by atoms with Crippen molar-refractivity contribution in [3.05, 3.63) is 35.9 Å². The number of carboxylic acids is 1. The van der Waals surface area contributed by atoms with Gasteiger partial charge in [-0.05, 0) is 5.56 Å². The maximum Gasteiger partial charge on any atom is 0.328 e. The maximum atomic E-state index is 11.8. The number of carbonyl (C=O) groups excluding carboxylic acids is 3. The van der Waals surface area contributed by atoms with Gasteiger partial charge in [0, 0.05) is 18.8 Å². The summed E-state index contributed by atoms with van der Waals surface area (Å²) >= 11 is 0. The van der Waals surface area contributed by atoms with Gasteiger partial charge < -0.3 is 25.7 Å². The lowest BCUT2D eigenvalue weighted by atomic mass is 10.1. The highest BCUT2D eigenvalue weighted by Crippen LogP contribution is 2.05. The summed E-state index contributed by atoms with van der Waals surface area (Å²) in [6.45, 7) is 0. The number of amides is 1. The minimum absolute atomic E-state index is 0.220. The van der Waals surface area contributed by atoms with E-state index in [1.54, 1.807) is 24.3 Å². The molecule has 21 heavy (non-hydrogen) atoms. The lowest BCUT2D eigenvalue weighted by molar-refractivity contribution is -0.305. The van der Waals surface area contributed by atoms with E-state index in [9.17, 15) is 19.5 Å². The topological polar surface area (TPSA) is 122 Å². The summed E-state index contributed by atoms with van der Waals surface area (Å²) in [5.41, 5.74) is 6.24. The van der Waals surface area contributed by atoms with Crippen molar-refractivity contribution in [1.82, 2.24) is 5.32 Å². The zero-order valence-electron chi connectivity index (χ0n) is 11.6. The molecule has 3 N–H and O–H groups in total. The molecule has 1 amide bonds. The van der Waals surface area contributed by atoms with E-state index in [1.165, 1.54) is 7.11 Å². The van der Waals surface area contributed by atoms with Crippen molar-refractivity contribution in [2.45, 2.75) is 24.9 Å². The molecule has 0 bridgehead atoms. The van der Waals surface area contributed by atoms with Crippen LogP contribution in [0.15, 0.2) is 30.3 Å². The first kappa shape index (κ1) is 16.6. The van der Waals surface area contributed by atoms with E-state index < -0.39 is 36.4 Å². The third-order valence-corrected chi connectivity index (χ3v) is 2.81. The Morgan fingerprint density at radius 1 is 1.29 bits per heavy atom. The zero-order chi connectivity index (χ0) is 15.8. The van der Waals surface area contributed by atoms with Gasteiger partial charge >= 0.3 is 5.97 Å². The first-order chi connectivity index (χ1) is 9.93. The van der Waals surface area contributed by atoms with Crippen LogP contribution >= 0.6 is 0 Å². The number of carbonyl (C=O) groups is 3. The fourth-order valence-electron chi connectivity index (χ4n) is 1.74. The Kier molecular flexibility index (Phi) is 6.35. The van der Waals surface area contributed by atoms with Crippen LogP contribution < -0.4 is 16.2 Å². The minimum Gasteiger partial charge on any atom is -0.550 e. The van der Waals surface area contributed by atoms with Crippen molar-refractivity contribution in [3.8, 4) is 0 Å². The monoisotopic (exact) mass is 293 g/mol. The SMILES string of the molecule is COC(=O)[C@H](Cc1ccccc1)NC(=O)[C@@H](N)CC(=O)[O-]. The molecule has 1 aromatic rings. The van der Waals surface area contributed by atoms with Gasteiger partial charge in [-0.25, -0.2) is 4.79 Å². The number of nitrogens with one attached hydrogen (secondary N) is 1.